The lowest BCUT2D eigenvalue weighted by atomic mass is 10.1. The van der Waals surface area contributed by atoms with Gasteiger partial charge in [0.15, 0.2) is 0 Å². The highest BCUT2D eigenvalue weighted by Gasteiger charge is 2.14. The number of hydrogen-bond donors (Lipinski definition) is 3. The Hall–Kier alpha value is -3.43. The van der Waals surface area contributed by atoms with Crippen molar-refractivity contribution in [2.24, 2.45) is 0 Å². The van der Waals surface area contributed by atoms with E-state index in [1.807, 2.05) is 30.3 Å². The average molecular weight is 505 g/mol. The van der Waals surface area contributed by atoms with E-state index >= 15 is 0 Å². The van der Waals surface area contributed by atoms with Crippen LogP contribution in [0.4, 0.5) is 28.8 Å². The zero-order valence-corrected chi connectivity index (χ0v) is 19.9. The van der Waals surface area contributed by atoms with Crippen LogP contribution in [0.3, 0.4) is 0 Å². The first-order valence-electron chi connectivity index (χ1n) is 10.8. The number of H-pyrrole nitrogens is 1. The Labute approximate surface area is 201 Å². The normalized spacial score (nSPS) is 14.3. The molecule has 33 heavy (non-hydrogen) atoms. The van der Waals surface area contributed by atoms with Crippen molar-refractivity contribution in [2.45, 2.75) is 0 Å². The first kappa shape index (κ1) is 21.4. The third kappa shape index (κ3) is 5.15. The van der Waals surface area contributed by atoms with E-state index in [1.165, 1.54) is 5.69 Å². The molecule has 0 saturated carbocycles. The average Bonchev–Trinajstić information content (AvgIpc) is 3.38. The fourth-order valence-electron chi connectivity index (χ4n) is 3.75. The third-order valence-corrected chi connectivity index (χ3v) is 6.28. The molecular weight excluding hydrogens is 480 g/mol. The minimum absolute atomic E-state index is 0.530. The number of halogens is 1. The summed E-state index contributed by atoms with van der Waals surface area (Å²) in [6, 6.07) is 18.5. The van der Waals surface area contributed by atoms with Crippen LogP contribution < -0.4 is 15.5 Å². The predicted molar refractivity (Wildman–Crippen MR) is 136 cm³/mol. The van der Waals surface area contributed by atoms with Crippen LogP contribution in [0.5, 0.6) is 0 Å². The molecule has 0 unspecified atom stereocenters. The molecular formula is C24H25BrN8. The molecule has 3 heterocycles. The number of aromatic amines is 1. The first-order chi connectivity index (χ1) is 16.1. The van der Waals surface area contributed by atoms with Crippen molar-refractivity contribution in [3.63, 3.8) is 0 Å². The van der Waals surface area contributed by atoms with Gasteiger partial charge in [0, 0.05) is 55.6 Å². The van der Waals surface area contributed by atoms with Gasteiger partial charge in [0.25, 0.3) is 0 Å². The van der Waals surface area contributed by atoms with E-state index in [1.54, 1.807) is 12.4 Å². The zero-order chi connectivity index (χ0) is 22.6. The van der Waals surface area contributed by atoms with Gasteiger partial charge in [-0.1, -0.05) is 12.1 Å². The van der Waals surface area contributed by atoms with Crippen LogP contribution in [0.1, 0.15) is 0 Å². The van der Waals surface area contributed by atoms with E-state index in [0.29, 0.717) is 11.8 Å². The smallest absolute Gasteiger partial charge is 0.229 e. The summed E-state index contributed by atoms with van der Waals surface area (Å²) in [6.45, 7) is 4.29. The Balaban J connectivity index is 1.26. The van der Waals surface area contributed by atoms with Gasteiger partial charge in [0.2, 0.25) is 5.95 Å². The Morgan fingerprint density at radius 2 is 1.58 bits per heavy atom. The molecule has 8 nitrogen and oxygen atoms in total. The summed E-state index contributed by atoms with van der Waals surface area (Å²) < 4.78 is 0.788. The maximum absolute atomic E-state index is 4.64. The van der Waals surface area contributed by atoms with Gasteiger partial charge in [0.1, 0.15) is 5.82 Å². The third-order valence-electron chi connectivity index (χ3n) is 5.70. The second-order valence-corrected chi connectivity index (χ2v) is 8.88. The van der Waals surface area contributed by atoms with E-state index in [-0.39, 0.29) is 0 Å². The second-order valence-electron chi connectivity index (χ2n) is 8.03. The van der Waals surface area contributed by atoms with Crippen LogP contribution in [0.15, 0.2) is 71.5 Å². The Morgan fingerprint density at radius 3 is 2.27 bits per heavy atom. The Morgan fingerprint density at radius 1 is 0.879 bits per heavy atom. The van der Waals surface area contributed by atoms with Crippen LogP contribution >= 0.6 is 15.9 Å². The number of rotatable bonds is 6. The van der Waals surface area contributed by atoms with Crippen LogP contribution in [-0.2, 0) is 0 Å². The molecule has 2 aromatic carbocycles. The summed E-state index contributed by atoms with van der Waals surface area (Å²) in [5, 5.41) is 13.6. The maximum Gasteiger partial charge on any atom is 0.229 e. The largest absolute Gasteiger partial charge is 0.369 e. The van der Waals surface area contributed by atoms with Crippen LogP contribution in [-0.4, -0.2) is 58.3 Å². The van der Waals surface area contributed by atoms with Gasteiger partial charge in [-0.25, -0.2) is 4.98 Å². The topological polar surface area (TPSA) is 85.0 Å². The van der Waals surface area contributed by atoms with Crippen molar-refractivity contribution in [1.29, 1.82) is 0 Å². The van der Waals surface area contributed by atoms with Crippen molar-refractivity contribution in [2.75, 3.05) is 48.8 Å². The highest BCUT2D eigenvalue weighted by molar-refractivity contribution is 9.10. The molecule has 0 bridgehead atoms. The summed E-state index contributed by atoms with van der Waals surface area (Å²) >= 11 is 3.54. The molecule has 2 aromatic heterocycles. The van der Waals surface area contributed by atoms with Crippen molar-refractivity contribution < 1.29 is 0 Å². The number of anilines is 5. The van der Waals surface area contributed by atoms with E-state index < -0.39 is 0 Å². The Bertz CT molecular complexity index is 1180. The van der Waals surface area contributed by atoms with Crippen LogP contribution in [0.2, 0.25) is 0 Å². The fourth-order valence-corrected chi connectivity index (χ4v) is 4.04. The summed E-state index contributed by atoms with van der Waals surface area (Å²) in [5.41, 5.74) is 5.17. The number of nitrogens with zero attached hydrogens (tertiary/aromatic N) is 5. The molecule has 4 aromatic rings. The Kier molecular flexibility index (Phi) is 6.23. The van der Waals surface area contributed by atoms with Gasteiger partial charge in [-0.05, 0) is 71.0 Å². The molecule has 1 saturated heterocycles. The highest BCUT2D eigenvalue weighted by Crippen LogP contribution is 2.27. The molecule has 0 atom stereocenters. The van der Waals surface area contributed by atoms with Crippen molar-refractivity contribution in [1.82, 2.24) is 25.1 Å². The molecule has 1 aliphatic rings. The molecule has 168 valence electrons. The van der Waals surface area contributed by atoms with E-state index in [0.717, 1.165) is 53.3 Å². The number of aromatic nitrogens is 4. The number of piperazine rings is 1. The molecule has 5 rings (SSSR count). The highest BCUT2D eigenvalue weighted by atomic mass is 79.9. The lowest BCUT2D eigenvalue weighted by Gasteiger charge is -2.34. The molecule has 0 radical (unpaired) electrons. The molecule has 1 fully saturated rings. The van der Waals surface area contributed by atoms with Gasteiger partial charge in [-0.2, -0.15) is 10.1 Å². The molecule has 1 aliphatic heterocycles. The lowest BCUT2D eigenvalue weighted by molar-refractivity contribution is 0.313. The monoisotopic (exact) mass is 504 g/mol. The molecule has 3 N–H and O–H groups in total. The van der Waals surface area contributed by atoms with Gasteiger partial charge in [-0.3, -0.25) is 5.10 Å². The van der Waals surface area contributed by atoms with Crippen LogP contribution in [0.25, 0.3) is 11.3 Å². The molecule has 0 amide bonds. The van der Waals surface area contributed by atoms with Gasteiger partial charge in [-0.15, -0.1) is 0 Å². The quantitative estimate of drug-likeness (QED) is 0.345. The molecule has 0 spiro atoms. The summed E-state index contributed by atoms with van der Waals surface area (Å²) in [7, 11) is 2.17. The molecule has 0 aliphatic carbocycles. The maximum atomic E-state index is 4.64. The number of benzene rings is 2. The standard InChI is InChI=1S/C24H25BrN8/c1-32-12-14-33(15-13-32)20-8-6-19(7-9-20)29-24-26-16-21(25)23(30-24)28-18-4-2-17(3-5-18)22-10-11-27-31-22/h2-11,16H,12-15H2,1H3,(H,27,31)(H2,26,28,29,30). The van der Waals surface area contributed by atoms with Crippen molar-refractivity contribution >= 4 is 44.8 Å². The SMILES string of the molecule is CN1CCN(c2ccc(Nc3ncc(Br)c(Nc4ccc(-c5ccn[nH]5)cc4)n3)cc2)CC1. The number of likely N-dealkylation sites (N-methyl/N-ethyl adjacent to an activating group) is 1. The van der Waals surface area contributed by atoms with Gasteiger partial charge < -0.3 is 20.4 Å². The van der Waals surface area contributed by atoms with Crippen molar-refractivity contribution in [3.05, 3.63) is 71.5 Å². The summed E-state index contributed by atoms with van der Waals surface area (Å²) in [6.07, 6.45) is 3.49. The van der Waals surface area contributed by atoms with E-state index in [2.05, 4.69) is 87.8 Å². The minimum atomic E-state index is 0.530. The first-order valence-corrected chi connectivity index (χ1v) is 11.6. The number of hydrogen-bond acceptors (Lipinski definition) is 7. The second kappa shape index (κ2) is 9.60. The van der Waals surface area contributed by atoms with Gasteiger partial charge >= 0.3 is 0 Å². The zero-order valence-electron chi connectivity index (χ0n) is 18.3. The van der Waals surface area contributed by atoms with E-state index in [9.17, 15) is 0 Å². The predicted octanol–water partition coefficient (Wildman–Crippen LogP) is 4.87. The summed E-state index contributed by atoms with van der Waals surface area (Å²) in [4.78, 5) is 13.8. The minimum Gasteiger partial charge on any atom is -0.369 e. The number of nitrogens with one attached hydrogen (secondary N) is 3. The molecule has 9 heteroatoms. The van der Waals surface area contributed by atoms with Gasteiger partial charge in [0.05, 0.1) is 10.2 Å². The fraction of sp³-hybridized carbons (Fsp3) is 0.208. The van der Waals surface area contributed by atoms with Crippen LogP contribution in [0, 0.1) is 0 Å². The van der Waals surface area contributed by atoms with Crippen molar-refractivity contribution in [3.8, 4) is 11.3 Å². The summed E-state index contributed by atoms with van der Waals surface area (Å²) in [5.74, 6) is 1.22. The lowest BCUT2D eigenvalue weighted by Crippen LogP contribution is -2.44. The van der Waals surface area contributed by atoms with E-state index in [4.69, 9.17) is 0 Å².